The molecule has 174 valence electrons. The molecule has 0 fully saturated rings. The molecule has 1 heterocycles. The molecule has 0 saturated heterocycles. The number of thioether (sulfide) groups is 1. The number of carboxylic acids is 1. The van der Waals surface area contributed by atoms with Crippen molar-refractivity contribution in [1.82, 2.24) is 5.32 Å². The molecule has 1 aliphatic heterocycles. The van der Waals surface area contributed by atoms with Gasteiger partial charge in [0.1, 0.15) is 17.5 Å². The van der Waals surface area contributed by atoms with Crippen molar-refractivity contribution in [3.05, 3.63) is 70.4 Å². The van der Waals surface area contributed by atoms with Crippen LogP contribution in [0.5, 0.6) is 11.5 Å². The van der Waals surface area contributed by atoms with Crippen molar-refractivity contribution in [3.8, 4) is 11.5 Å². The first kappa shape index (κ1) is 24.2. The van der Waals surface area contributed by atoms with Crippen molar-refractivity contribution in [1.29, 1.82) is 0 Å². The Morgan fingerprint density at radius 3 is 2.45 bits per heavy atom. The maximum atomic E-state index is 12.8. The lowest BCUT2D eigenvalue weighted by Gasteiger charge is -2.27. The summed E-state index contributed by atoms with van der Waals surface area (Å²) in [7, 11) is 3.13. The third kappa shape index (κ3) is 5.67. The molecule has 0 amide bonds. The Kier molecular flexibility index (Phi) is 8.00. The lowest BCUT2D eigenvalue weighted by Crippen LogP contribution is -2.30. The SMILES string of the molecule is CCOC(=O)C1=C(C)NC(SCc2ccc(C(=O)O)cc2)=N[C@H]1c1cc(OC)ccc1OC. The monoisotopic (exact) mass is 470 g/mol. The summed E-state index contributed by atoms with van der Waals surface area (Å²) in [5.41, 5.74) is 2.91. The molecule has 0 bridgehead atoms. The fourth-order valence-electron chi connectivity index (χ4n) is 3.37. The van der Waals surface area contributed by atoms with E-state index in [1.807, 2.05) is 6.92 Å². The van der Waals surface area contributed by atoms with Crippen molar-refractivity contribution in [2.24, 2.45) is 4.99 Å². The van der Waals surface area contributed by atoms with E-state index in [0.717, 1.165) is 5.56 Å². The fraction of sp³-hybridized carbons (Fsp3) is 0.292. The van der Waals surface area contributed by atoms with Crippen LogP contribution in [0.1, 0.15) is 41.4 Å². The summed E-state index contributed by atoms with van der Waals surface area (Å²) in [6.45, 7) is 3.81. The van der Waals surface area contributed by atoms with E-state index >= 15 is 0 Å². The van der Waals surface area contributed by atoms with Crippen LogP contribution in [0.25, 0.3) is 0 Å². The summed E-state index contributed by atoms with van der Waals surface area (Å²) in [6.07, 6.45) is 0. The lowest BCUT2D eigenvalue weighted by atomic mass is 9.95. The molecule has 0 aromatic heterocycles. The van der Waals surface area contributed by atoms with Crippen molar-refractivity contribution in [3.63, 3.8) is 0 Å². The maximum Gasteiger partial charge on any atom is 0.338 e. The molecule has 0 aliphatic carbocycles. The largest absolute Gasteiger partial charge is 0.497 e. The first-order chi connectivity index (χ1) is 15.9. The number of hydrogen-bond acceptors (Lipinski definition) is 8. The van der Waals surface area contributed by atoms with Crippen molar-refractivity contribution >= 4 is 28.9 Å². The number of carbonyl (C=O) groups excluding carboxylic acids is 1. The third-order valence-corrected chi connectivity index (χ3v) is 5.98. The molecule has 9 heteroatoms. The van der Waals surface area contributed by atoms with Crippen LogP contribution in [0.3, 0.4) is 0 Å². The minimum absolute atomic E-state index is 0.236. The van der Waals surface area contributed by atoms with Gasteiger partial charge >= 0.3 is 11.9 Å². The number of aliphatic imine (C=N–C) groups is 1. The van der Waals surface area contributed by atoms with Gasteiger partial charge in [0.25, 0.3) is 0 Å². The molecule has 2 aromatic rings. The lowest BCUT2D eigenvalue weighted by molar-refractivity contribution is -0.138. The van der Waals surface area contributed by atoms with Crippen LogP contribution in [0.15, 0.2) is 58.7 Å². The van der Waals surface area contributed by atoms with E-state index in [-0.39, 0.29) is 12.2 Å². The van der Waals surface area contributed by atoms with E-state index in [1.54, 1.807) is 63.6 Å². The van der Waals surface area contributed by atoms with Gasteiger partial charge in [-0.3, -0.25) is 0 Å². The number of benzene rings is 2. The smallest absolute Gasteiger partial charge is 0.338 e. The molecule has 2 aromatic carbocycles. The number of allylic oxidation sites excluding steroid dienone is 1. The summed E-state index contributed by atoms with van der Waals surface area (Å²) >= 11 is 1.45. The van der Waals surface area contributed by atoms with Crippen LogP contribution < -0.4 is 14.8 Å². The second-order valence-electron chi connectivity index (χ2n) is 7.12. The molecule has 33 heavy (non-hydrogen) atoms. The Morgan fingerprint density at radius 2 is 1.85 bits per heavy atom. The van der Waals surface area contributed by atoms with Gasteiger partial charge in [-0.25, -0.2) is 14.6 Å². The Balaban J connectivity index is 1.94. The van der Waals surface area contributed by atoms with Gasteiger partial charge in [-0.1, -0.05) is 23.9 Å². The standard InChI is InChI=1S/C24H26N2O6S/c1-5-32-23(29)20-14(2)25-24(33-13-15-6-8-16(9-7-15)22(27)28)26-21(20)18-12-17(30-3)10-11-19(18)31-4/h6-12,21H,5,13H2,1-4H3,(H,25,26)(H,27,28)/t21-/m0/s1. The second-order valence-corrected chi connectivity index (χ2v) is 8.08. The quantitative estimate of drug-likeness (QED) is 0.554. The zero-order valence-electron chi connectivity index (χ0n) is 18.9. The van der Waals surface area contributed by atoms with E-state index in [2.05, 4.69) is 5.32 Å². The highest BCUT2D eigenvalue weighted by molar-refractivity contribution is 8.13. The van der Waals surface area contributed by atoms with E-state index in [4.69, 9.17) is 24.3 Å². The zero-order valence-corrected chi connectivity index (χ0v) is 19.7. The van der Waals surface area contributed by atoms with Crippen LogP contribution in [0, 0.1) is 0 Å². The van der Waals surface area contributed by atoms with Gasteiger partial charge in [-0.15, -0.1) is 0 Å². The minimum atomic E-state index is -0.963. The highest BCUT2D eigenvalue weighted by atomic mass is 32.2. The number of ether oxygens (including phenoxy) is 3. The number of methoxy groups -OCH3 is 2. The average molecular weight is 471 g/mol. The first-order valence-corrected chi connectivity index (χ1v) is 11.3. The molecule has 0 radical (unpaired) electrons. The Hall–Kier alpha value is -3.46. The molecular weight excluding hydrogens is 444 g/mol. The van der Waals surface area contributed by atoms with Gasteiger partial charge in [0.2, 0.25) is 0 Å². The molecule has 0 saturated carbocycles. The molecule has 0 unspecified atom stereocenters. The van der Waals surface area contributed by atoms with Crippen LogP contribution >= 0.6 is 11.8 Å². The predicted octanol–water partition coefficient (Wildman–Crippen LogP) is 4.17. The van der Waals surface area contributed by atoms with Gasteiger partial charge in [0.05, 0.1) is 32.0 Å². The summed E-state index contributed by atoms with van der Waals surface area (Å²) < 4.78 is 16.2. The number of nitrogens with one attached hydrogen (secondary N) is 1. The summed E-state index contributed by atoms with van der Waals surface area (Å²) in [5.74, 6) is 0.350. The van der Waals surface area contributed by atoms with Gasteiger partial charge in [-0.2, -0.15) is 0 Å². The molecule has 8 nitrogen and oxygen atoms in total. The fourth-order valence-corrected chi connectivity index (χ4v) is 4.27. The number of aromatic carboxylic acids is 1. The molecule has 3 rings (SSSR count). The van der Waals surface area contributed by atoms with Gasteiger partial charge in [0, 0.05) is 17.0 Å². The average Bonchev–Trinajstić information content (AvgIpc) is 2.82. The molecule has 1 atom stereocenters. The van der Waals surface area contributed by atoms with Gasteiger partial charge in [0.15, 0.2) is 5.17 Å². The minimum Gasteiger partial charge on any atom is -0.497 e. The highest BCUT2D eigenvalue weighted by Crippen LogP contribution is 2.39. The summed E-state index contributed by atoms with van der Waals surface area (Å²) in [4.78, 5) is 28.7. The number of nitrogens with zero attached hydrogens (tertiary/aromatic N) is 1. The predicted molar refractivity (Wildman–Crippen MR) is 127 cm³/mol. The van der Waals surface area contributed by atoms with Gasteiger partial charge in [-0.05, 0) is 49.7 Å². The molecule has 2 N–H and O–H groups in total. The first-order valence-electron chi connectivity index (χ1n) is 10.3. The van der Waals surface area contributed by atoms with Crippen LogP contribution in [0.4, 0.5) is 0 Å². The Morgan fingerprint density at radius 1 is 1.12 bits per heavy atom. The molecular formula is C24H26N2O6S. The number of carboxylic acid groups (broad SMARTS) is 1. The van der Waals surface area contributed by atoms with E-state index in [1.165, 1.54) is 11.8 Å². The summed E-state index contributed by atoms with van der Waals surface area (Å²) in [6, 6.07) is 11.4. The number of esters is 1. The number of rotatable bonds is 8. The normalized spacial score (nSPS) is 15.4. The van der Waals surface area contributed by atoms with Crippen molar-refractivity contribution in [2.45, 2.75) is 25.6 Å². The Labute approximate surface area is 196 Å². The molecule has 0 spiro atoms. The van der Waals surface area contributed by atoms with E-state index < -0.39 is 18.0 Å². The zero-order chi connectivity index (χ0) is 24.0. The molecule has 1 aliphatic rings. The third-order valence-electron chi connectivity index (χ3n) is 5.02. The number of hydrogen-bond donors (Lipinski definition) is 2. The topological polar surface area (TPSA) is 106 Å². The van der Waals surface area contributed by atoms with Gasteiger partial charge < -0.3 is 24.6 Å². The Bertz CT molecular complexity index is 1090. The van der Waals surface area contributed by atoms with E-state index in [9.17, 15) is 9.59 Å². The van der Waals surface area contributed by atoms with E-state index in [0.29, 0.717) is 39.3 Å². The number of carbonyl (C=O) groups is 2. The van der Waals surface area contributed by atoms with Crippen molar-refractivity contribution in [2.75, 3.05) is 20.8 Å². The number of amidine groups is 1. The summed E-state index contributed by atoms with van der Waals surface area (Å²) in [5, 5.41) is 12.9. The van der Waals surface area contributed by atoms with Crippen molar-refractivity contribution < 1.29 is 28.9 Å². The highest BCUT2D eigenvalue weighted by Gasteiger charge is 2.32. The maximum absolute atomic E-state index is 12.8. The van der Waals surface area contributed by atoms with Crippen LogP contribution in [-0.2, 0) is 15.3 Å². The van der Waals surface area contributed by atoms with Crippen LogP contribution in [0.2, 0.25) is 0 Å². The van der Waals surface area contributed by atoms with Crippen LogP contribution in [-0.4, -0.2) is 43.0 Å². The second kappa shape index (κ2) is 10.9.